The van der Waals surface area contributed by atoms with Crippen molar-refractivity contribution in [1.82, 2.24) is 0 Å². The maximum absolute atomic E-state index is 12.3. The van der Waals surface area contributed by atoms with Gasteiger partial charge in [0.15, 0.2) is 6.61 Å². The number of benzene rings is 2. The number of nitrogens with zero attached hydrogens (tertiary/aromatic N) is 3. The molecule has 1 fully saturated rings. The molecule has 0 aliphatic carbocycles. The number of Topliss-reactive ketones (excluding diaryl/α,β-unsaturated/α-hetero) is 1. The fourth-order valence-corrected chi connectivity index (χ4v) is 3.02. The van der Waals surface area contributed by atoms with Crippen LogP contribution in [-0.2, 0) is 14.3 Å². The van der Waals surface area contributed by atoms with Gasteiger partial charge in [0.05, 0.1) is 21.5 Å². The van der Waals surface area contributed by atoms with E-state index in [4.69, 9.17) is 4.74 Å². The fraction of sp³-hybridized carbons (Fsp3) is 0.211. The number of ketones is 1. The highest BCUT2D eigenvalue weighted by Crippen LogP contribution is 2.28. The molecular formula is C19H15N3O8. The van der Waals surface area contributed by atoms with Crippen molar-refractivity contribution in [3.8, 4) is 0 Å². The SMILES string of the molecule is O=C(COC(=O)[C@@H]1CC(=O)N(c2cccc([N+](=O)[O-])c2)C1)c1cccc([N+](=O)[O-])c1. The molecule has 0 unspecified atom stereocenters. The molecule has 1 saturated heterocycles. The third-order valence-electron chi connectivity index (χ3n) is 4.54. The van der Waals surface area contributed by atoms with Crippen molar-refractivity contribution in [3.63, 3.8) is 0 Å². The first kappa shape index (κ1) is 20.6. The molecule has 1 aliphatic rings. The Morgan fingerprint density at radius 1 is 1.03 bits per heavy atom. The molecule has 0 saturated carbocycles. The Kier molecular flexibility index (Phi) is 5.81. The van der Waals surface area contributed by atoms with Gasteiger partial charge in [-0.15, -0.1) is 0 Å². The number of rotatable bonds is 7. The molecule has 2 aromatic rings. The molecule has 1 amide bonds. The minimum Gasteiger partial charge on any atom is -0.457 e. The minimum absolute atomic E-state index is 0.0257. The predicted octanol–water partition coefficient (Wildman–Crippen LogP) is 2.28. The summed E-state index contributed by atoms with van der Waals surface area (Å²) in [7, 11) is 0. The molecular weight excluding hydrogens is 398 g/mol. The number of hydrogen-bond donors (Lipinski definition) is 0. The minimum atomic E-state index is -0.838. The first-order valence-corrected chi connectivity index (χ1v) is 8.75. The monoisotopic (exact) mass is 413 g/mol. The number of nitro benzene ring substituents is 2. The van der Waals surface area contributed by atoms with E-state index in [1.807, 2.05) is 0 Å². The molecule has 1 atom stereocenters. The number of ether oxygens (including phenoxy) is 1. The van der Waals surface area contributed by atoms with Gasteiger partial charge in [-0.2, -0.15) is 0 Å². The van der Waals surface area contributed by atoms with Gasteiger partial charge in [-0.1, -0.05) is 18.2 Å². The van der Waals surface area contributed by atoms with Crippen LogP contribution in [-0.4, -0.2) is 40.7 Å². The molecule has 0 bridgehead atoms. The van der Waals surface area contributed by atoms with Gasteiger partial charge < -0.3 is 9.64 Å². The summed E-state index contributed by atoms with van der Waals surface area (Å²) < 4.78 is 4.99. The van der Waals surface area contributed by atoms with Crippen LogP contribution in [0.25, 0.3) is 0 Å². The maximum Gasteiger partial charge on any atom is 0.311 e. The number of carbonyl (C=O) groups is 3. The van der Waals surface area contributed by atoms with Crippen molar-refractivity contribution < 1.29 is 29.0 Å². The molecule has 3 rings (SSSR count). The lowest BCUT2D eigenvalue weighted by Crippen LogP contribution is -2.27. The fourth-order valence-electron chi connectivity index (χ4n) is 3.02. The molecule has 1 heterocycles. The van der Waals surface area contributed by atoms with Gasteiger partial charge in [0.2, 0.25) is 11.7 Å². The summed E-state index contributed by atoms with van der Waals surface area (Å²) in [5, 5.41) is 21.7. The Morgan fingerprint density at radius 3 is 2.33 bits per heavy atom. The van der Waals surface area contributed by atoms with Crippen molar-refractivity contribution in [2.75, 3.05) is 18.1 Å². The van der Waals surface area contributed by atoms with Crippen LogP contribution in [0, 0.1) is 26.1 Å². The summed E-state index contributed by atoms with van der Waals surface area (Å²) in [6.07, 6.45) is -0.160. The highest BCUT2D eigenvalue weighted by molar-refractivity contribution is 6.01. The smallest absolute Gasteiger partial charge is 0.311 e. The number of nitro groups is 2. The molecule has 2 aromatic carbocycles. The van der Waals surface area contributed by atoms with E-state index in [9.17, 15) is 34.6 Å². The highest BCUT2D eigenvalue weighted by Gasteiger charge is 2.36. The molecule has 0 N–H and O–H groups in total. The third kappa shape index (κ3) is 4.46. The average Bonchev–Trinajstić information content (AvgIpc) is 3.13. The van der Waals surface area contributed by atoms with Gasteiger partial charge in [-0.05, 0) is 6.07 Å². The number of carbonyl (C=O) groups excluding carboxylic acids is 3. The molecule has 0 aromatic heterocycles. The van der Waals surface area contributed by atoms with E-state index >= 15 is 0 Å². The van der Waals surface area contributed by atoms with Crippen molar-refractivity contribution in [3.05, 3.63) is 74.3 Å². The second kappa shape index (κ2) is 8.47. The van der Waals surface area contributed by atoms with Crippen LogP contribution in [0.3, 0.4) is 0 Å². The van der Waals surface area contributed by atoms with Crippen molar-refractivity contribution in [2.24, 2.45) is 5.92 Å². The first-order valence-electron chi connectivity index (χ1n) is 8.75. The standard InChI is InChI=1S/C19H15N3O8/c23-17(12-3-1-5-15(7-12)21(26)27)11-30-19(25)13-8-18(24)20(10-13)14-4-2-6-16(9-14)22(28)29/h1-7,9,13H,8,10-11H2/t13-/m1/s1. The third-order valence-corrected chi connectivity index (χ3v) is 4.54. The van der Waals surface area contributed by atoms with Gasteiger partial charge in [0.1, 0.15) is 0 Å². The summed E-state index contributed by atoms with van der Waals surface area (Å²) in [5.74, 6) is -2.63. The van der Waals surface area contributed by atoms with E-state index in [0.717, 1.165) is 6.07 Å². The lowest BCUT2D eigenvalue weighted by Gasteiger charge is -2.16. The quantitative estimate of drug-likeness (QED) is 0.290. The number of hydrogen-bond acceptors (Lipinski definition) is 8. The zero-order chi connectivity index (χ0) is 21.8. The second-order valence-electron chi connectivity index (χ2n) is 6.52. The van der Waals surface area contributed by atoms with Crippen molar-refractivity contribution in [1.29, 1.82) is 0 Å². The maximum atomic E-state index is 12.3. The zero-order valence-corrected chi connectivity index (χ0v) is 15.4. The van der Waals surface area contributed by atoms with E-state index in [-0.39, 0.29) is 35.6 Å². The molecule has 0 radical (unpaired) electrons. The first-order chi connectivity index (χ1) is 14.3. The Hall–Kier alpha value is -4.15. The van der Waals surface area contributed by atoms with Gasteiger partial charge in [0, 0.05) is 42.8 Å². The van der Waals surface area contributed by atoms with Crippen LogP contribution in [0.5, 0.6) is 0 Å². The lowest BCUT2D eigenvalue weighted by molar-refractivity contribution is -0.385. The number of esters is 1. The molecule has 154 valence electrons. The van der Waals surface area contributed by atoms with Crippen LogP contribution >= 0.6 is 0 Å². The largest absolute Gasteiger partial charge is 0.457 e. The number of anilines is 1. The number of amides is 1. The molecule has 11 nitrogen and oxygen atoms in total. The Morgan fingerprint density at radius 2 is 1.67 bits per heavy atom. The van der Waals surface area contributed by atoms with Crippen LogP contribution < -0.4 is 4.90 Å². The Balaban J connectivity index is 1.61. The summed E-state index contributed by atoms with van der Waals surface area (Å²) in [6.45, 7) is -0.661. The topological polar surface area (TPSA) is 150 Å². The average molecular weight is 413 g/mol. The van der Waals surface area contributed by atoms with Gasteiger partial charge in [-0.25, -0.2) is 0 Å². The number of non-ortho nitro benzene ring substituents is 2. The lowest BCUT2D eigenvalue weighted by atomic mass is 10.1. The van der Waals surface area contributed by atoms with E-state index in [1.54, 1.807) is 0 Å². The Bertz CT molecular complexity index is 1050. The van der Waals surface area contributed by atoms with Crippen LogP contribution in [0.2, 0.25) is 0 Å². The van der Waals surface area contributed by atoms with Gasteiger partial charge >= 0.3 is 5.97 Å². The molecule has 0 spiro atoms. The van der Waals surface area contributed by atoms with Gasteiger partial charge in [0.25, 0.3) is 11.4 Å². The summed E-state index contributed by atoms with van der Waals surface area (Å²) in [5.41, 5.74) is -0.134. The van der Waals surface area contributed by atoms with Crippen LogP contribution in [0.15, 0.2) is 48.5 Å². The van der Waals surface area contributed by atoms with Crippen LogP contribution in [0.4, 0.5) is 17.1 Å². The predicted molar refractivity (Wildman–Crippen MR) is 102 cm³/mol. The molecule has 30 heavy (non-hydrogen) atoms. The van der Waals surface area contributed by atoms with E-state index < -0.39 is 40.0 Å². The van der Waals surface area contributed by atoms with Crippen molar-refractivity contribution >= 4 is 34.7 Å². The summed E-state index contributed by atoms with van der Waals surface area (Å²) in [4.78, 5) is 58.4. The molecule has 1 aliphatic heterocycles. The normalized spacial score (nSPS) is 15.7. The molecule has 11 heteroatoms. The summed E-state index contributed by atoms with van der Waals surface area (Å²) >= 11 is 0. The Labute approximate surface area is 169 Å². The highest BCUT2D eigenvalue weighted by atomic mass is 16.6. The van der Waals surface area contributed by atoms with E-state index in [1.165, 1.54) is 47.4 Å². The summed E-state index contributed by atoms with van der Waals surface area (Å²) in [6, 6.07) is 10.5. The zero-order valence-electron chi connectivity index (χ0n) is 15.4. The van der Waals surface area contributed by atoms with Gasteiger partial charge in [-0.3, -0.25) is 34.6 Å². The second-order valence-corrected chi connectivity index (χ2v) is 6.52. The van der Waals surface area contributed by atoms with E-state index in [0.29, 0.717) is 0 Å². The van der Waals surface area contributed by atoms with Crippen molar-refractivity contribution in [2.45, 2.75) is 6.42 Å². The van der Waals surface area contributed by atoms with E-state index in [2.05, 4.69) is 0 Å². The van der Waals surface area contributed by atoms with Crippen LogP contribution in [0.1, 0.15) is 16.8 Å².